The van der Waals surface area contributed by atoms with Crippen LogP contribution in [-0.4, -0.2) is 23.9 Å². The molecule has 0 radical (unpaired) electrons. The molecule has 0 fully saturated rings. The van der Waals surface area contributed by atoms with Gasteiger partial charge in [0.05, 0.1) is 11.5 Å². The first-order valence-electron chi connectivity index (χ1n) is 5.49. The summed E-state index contributed by atoms with van der Waals surface area (Å²) in [4.78, 5) is 21.7. The van der Waals surface area contributed by atoms with Crippen LogP contribution >= 0.6 is 15.9 Å². The third-order valence-electron chi connectivity index (χ3n) is 2.17. The van der Waals surface area contributed by atoms with E-state index >= 15 is 0 Å². The van der Waals surface area contributed by atoms with Crippen LogP contribution < -0.4 is 10.6 Å². The number of hydrogen-bond acceptors (Lipinski definition) is 4. The predicted octanol–water partition coefficient (Wildman–Crippen LogP) is 2.30. The summed E-state index contributed by atoms with van der Waals surface area (Å²) in [6.07, 6.45) is 0.851. The van der Waals surface area contributed by atoms with E-state index in [1.165, 1.54) is 6.07 Å². The summed E-state index contributed by atoms with van der Waals surface area (Å²) in [6, 6.07) is 4.64. The fourth-order valence-corrected chi connectivity index (χ4v) is 1.66. The summed E-state index contributed by atoms with van der Waals surface area (Å²) < 4.78 is 0.621. The van der Waals surface area contributed by atoms with Gasteiger partial charge in [0, 0.05) is 17.1 Å². The number of nitrogens with one attached hydrogen (secondary N) is 2. The largest absolute Gasteiger partial charge is 0.371 e. The Hall–Kier alpha value is -1.63. The average Bonchev–Trinajstić information content (AvgIpc) is 2.34. The van der Waals surface area contributed by atoms with Crippen molar-refractivity contribution in [3.8, 4) is 0 Å². The van der Waals surface area contributed by atoms with Crippen LogP contribution in [-0.2, 0) is 4.79 Å². The minimum Gasteiger partial charge on any atom is -0.371 e. The SMILES string of the molecule is CCCNC(=O)CNc1ccc(Br)cc1[N+](=O)[O-]. The molecule has 18 heavy (non-hydrogen) atoms. The van der Waals surface area contributed by atoms with Gasteiger partial charge in [0.1, 0.15) is 5.69 Å². The molecule has 0 aliphatic heterocycles. The average molecular weight is 316 g/mol. The van der Waals surface area contributed by atoms with Gasteiger partial charge in [0.15, 0.2) is 0 Å². The lowest BCUT2D eigenvalue weighted by Gasteiger charge is -2.07. The fourth-order valence-electron chi connectivity index (χ4n) is 1.31. The Balaban J connectivity index is 2.67. The highest BCUT2D eigenvalue weighted by molar-refractivity contribution is 9.10. The molecule has 0 spiro atoms. The quantitative estimate of drug-likeness (QED) is 0.623. The third kappa shape index (κ3) is 4.33. The molecule has 1 aromatic rings. The topological polar surface area (TPSA) is 84.3 Å². The standard InChI is InChI=1S/C11H14BrN3O3/c1-2-5-13-11(16)7-14-9-4-3-8(12)6-10(9)15(17)18/h3-4,6,14H,2,5,7H2,1H3,(H,13,16). The van der Waals surface area contributed by atoms with Crippen molar-refractivity contribution in [2.45, 2.75) is 13.3 Å². The molecule has 0 aliphatic rings. The number of rotatable bonds is 6. The lowest BCUT2D eigenvalue weighted by atomic mass is 10.2. The maximum absolute atomic E-state index is 11.4. The first-order valence-corrected chi connectivity index (χ1v) is 6.28. The van der Waals surface area contributed by atoms with Crippen molar-refractivity contribution in [2.24, 2.45) is 0 Å². The zero-order chi connectivity index (χ0) is 13.5. The van der Waals surface area contributed by atoms with Gasteiger partial charge in [-0.25, -0.2) is 0 Å². The van der Waals surface area contributed by atoms with Gasteiger partial charge in [-0.15, -0.1) is 0 Å². The van der Waals surface area contributed by atoms with Crippen molar-refractivity contribution in [3.05, 3.63) is 32.8 Å². The van der Waals surface area contributed by atoms with Gasteiger partial charge in [0.25, 0.3) is 5.69 Å². The number of amides is 1. The van der Waals surface area contributed by atoms with Crippen LogP contribution in [0, 0.1) is 10.1 Å². The van der Waals surface area contributed by atoms with Crippen LogP contribution in [0.2, 0.25) is 0 Å². The zero-order valence-corrected chi connectivity index (χ0v) is 11.5. The van der Waals surface area contributed by atoms with Crippen LogP contribution in [0.5, 0.6) is 0 Å². The van der Waals surface area contributed by atoms with E-state index in [2.05, 4.69) is 26.6 Å². The summed E-state index contributed by atoms with van der Waals surface area (Å²) in [6.45, 7) is 2.57. The molecule has 0 saturated carbocycles. The van der Waals surface area contributed by atoms with Crippen molar-refractivity contribution in [1.82, 2.24) is 5.32 Å². The highest BCUT2D eigenvalue weighted by Crippen LogP contribution is 2.27. The van der Waals surface area contributed by atoms with E-state index in [9.17, 15) is 14.9 Å². The second-order valence-electron chi connectivity index (χ2n) is 3.62. The van der Waals surface area contributed by atoms with Gasteiger partial charge < -0.3 is 10.6 Å². The summed E-state index contributed by atoms with van der Waals surface area (Å²) >= 11 is 3.17. The molecule has 1 amide bonds. The second-order valence-corrected chi connectivity index (χ2v) is 4.54. The van der Waals surface area contributed by atoms with E-state index in [4.69, 9.17) is 0 Å². The van der Waals surface area contributed by atoms with Crippen molar-refractivity contribution in [2.75, 3.05) is 18.4 Å². The molecule has 0 heterocycles. The van der Waals surface area contributed by atoms with Gasteiger partial charge in [-0.05, 0) is 18.6 Å². The number of halogens is 1. The maximum Gasteiger partial charge on any atom is 0.293 e. The highest BCUT2D eigenvalue weighted by atomic mass is 79.9. The van der Waals surface area contributed by atoms with Crippen molar-refractivity contribution >= 4 is 33.2 Å². The van der Waals surface area contributed by atoms with E-state index < -0.39 is 4.92 Å². The minimum absolute atomic E-state index is 0.0163. The molecule has 98 valence electrons. The van der Waals surface area contributed by atoms with Crippen molar-refractivity contribution in [3.63, 3.8) is 0 Å². The molecule has 0 bridgehead atoms. The monoisotopic (exact) mass is 315 g/mol. The van der Waals surface area contributed by atoms with E-state index in [0.29, 0.717) is 16.7 Å². The van der Waals surface area contributed by atoms with Crippen molar-refractivity contribution in [1.29, 1.82) is 0 Å². The lowest BCUT2D eigenvalue weighted by molar-refractivity contribution is -0.384. The summed E-state index contributed by atoms with van der Waals surface area (Å²) in [7, 11) is 0. The van der Waals surface area contributed by atoms with Crippen LogP contribution in [0.15, 0.2) is 22.7 Å². The molecule has 1 rings (SSSR count). The number of benzene rings is 1. The summed E-state index contributed by atoms with van der Waals surface area (Å²) in [5, 5.41) is 16.3. The van der Waals surface area contributed by atoms with Crippen LogP contribution in [0.4, 0.5) is 11.4 Å². The lowest BCUT2D eigenvalue weighted by Crippen LogP contribution is -2.30. The number of carbonyl (C=O) groups is 1. The smallest absolute Gasteiger partial charge is 0.293 e. The van der Waals surface area contributed by atoms with Crippen LogP contribution in [0.1, 0.15) is 13.3 Å². The molecule has 0 atom stereocenters. The number of nitro groups is 1. The van der Waals surface area contributed by atoms with E-state index in [0.717, 1.165) is 6.42 Å². The minimum atomic E-state index is -0.489. The molecular weight excluding hydrogens is 302 g/mol. The Labute approximate surface area is 113 Å². The second kappa shape index (κ2) is 6.95. The maximum atomic E-state index is 11.4. The Morgan fingerprint density at radius 1 is 1.50 bits per heavy atom. The number of nitrogens with zero attached hydrogens (tertiary/aromatic N) is 1. The molecule has 2 N–H and O–H groups in total. The number of carbonyl (C=O) groups excluding carboxylic acids is 1. The zero-order valence-electron chi connectivity index (χ0n) is 9.90. The first kappa shape index (κ1) is 14.4. The fraction of sp³-hybridized carbons (Fsp3) is 0.364. The molecule has 6 nitrogen and oxygen atoms in total. The van der Waals surface area contributed by atoms with E-state index in [1.54, 1.807) is 12.1 Å². The van der Waals surface area contributed by atoms with Gasteiger partial charge in [0.2, 0.25) is 5.91 Å². The molecule has 0 aliphatic carbocycles. The van der Waals surface area contributed by atoms with Gasteiger partial charge in [-0.2, -0.15) is 0 Å². The molecule has 0 saturated heterocycles. The van der Waals surface area contributed by atoms with E-state index in [-0.39, 0.29) is 18.1 Å². The van der Waals surface area contributed by atoms with Crippen molar-refractivity contribution < 1.29 is 9.72 Å². The normalized spacial score (nSPS) is 9.89. The molecule has 1 aromatic carbocycles. The van der Waals surface area contributed by atoms with Gasteiger partial charge in [-0.1, -0.05) is 22.9 Å². The number of hydrogen-bond donors (Lipinski definition) is 2. The third-order valence-corrected chi connectivity index (χ3v) is 2.66. The number of anilines is 1. The molecular formula is C11H14BrN3O3. The Kier molecular flexibility index (Phi) is 5.57. The Morgan fingerprint density at radius 3 is 2.83 bits per heavy atom. The first-order chi connectivity index (χ1) is 8.54. The Bertz CT molecular complexity index is 451. The summed E-state index contributed by atoms with van der Waals surface area (Å²) in [5.41, 5.74) is 0.266. The van der Waals surface area contributed by atoms with Gasteiger partial charge in [-0.3, -0.25) is 14.9 Å². The molecule has 7 heteroatoms. The number of nitro benzene ring substituents is 1. The summed E-state index contributed by atoms with van der Waals surface area (Å²) in [5.74, 6) is -0.186. The predicted molar refractivity (Wildman–Crippen MR) is 72.6 cm³/mol. The molecule has 0 unspecified atom stereocenters. The Morgan fingerprint density at radius 2 is 2.22 bits per heavy atom. The van der Waals surface area contributed by atoms with E-state index in [1.807, 2.05) is 6.92 Å². The highest BCUT2D eigenvalue weighted by Gasteiger charge is 2.14. The molecule has 0 aromatic heterocycles. The van der Waals surface area contributed by atoms with Crippen LogP contribution in [0.3, 0.4) is 0 Å². The van der Waals surface area contributed by atoms with Crippen LogP contribution in [0.25, 0.3) is 0 Å². The van der Waals surface area contributed by atoms with Gasteiger partial charge >= 0.3 is 0 Å².